The van der Waals surface area contributed by atoms with Gasteiger partial charge in [-0.1, -0.05) is 38.5 Å². The molecule has 1 aromatic heterocycles. The molecule has 0 saturated heterocycles. The van der Waals surface area contributed by atoms with Gasteiger partial charge in [-0.2, -0.15) is 31.4 Å². The van der Waals surface area contributed by atoms with Crippen LogP contribution in [0.2, 0.25) is 0 Å². The van der Waals surface area contributed by atoms with Crippen molar-refractivity contribution >= 4 is 17.6 Å². The van der Waals surface area contributed by atoms with Crippen LogP contribution in [0.15, 0.2) is 48.5 Å². The van der Waals surface area contributed by atoms with Crippen LogP contribution in [-0.4, -0.2) is 40.1 Å². The lowest BCUT2D eigenvalue weighted by Crippen LogP contribution is -2.35. The predicted octanol–water partition coefficient (Wildman–Crippen LogP) is 6.23. The van der Waals surface area contributed by atoms with Crippen molar-refractivity contribution in [3.05, 3.63) is 76.5 Å². The molecule has 0 spiro atoms. The lowest BCUT2D eigenvalue weighted by molar-refractivity contribution is -0.143. The van der Waals surface area contributed by atoms with Crippen LogP contribution >= 0.6 is 0 Å². The van der Waals surface area contributed by atoms with Gasteiger partial charge in [0.25, 0.3) is 5.91 Å². The molecular weight excluding hydrogens is 514 g/mol. The van der Waals surface area contributed by atoms with E-state index in [4.69, 9.17) is 0 Å². The van der Waals surface area contributed by atoms with Gasteiger partial charge in [0.1, 0.15) is 5.82 Å². The van der Waals surface area contributed by atoms with E-state index in [1.54, 1.807) is 18.2 Å². The Kier molecular flexibility index (Phi) is 7.67. The third kappa shape index (κ3) is 6.73. The summed E-state index contributed by atoms with van der Waals surface area (Å²) in [5.41, 5.74) is -2.15. The van der Waals surface area contributed by atoms with Crippen LogP contribution in [0, 0.1) is 6.92 Å². The van der Waals surface area contributed by atoms with Gasteiger partial charge in [-0.3, -0.25) is 9.59 Å². The maximum atomic E-state index is 13.2. The maximum absolute atomic E-state index is 13.2. The van der Waals surface area contributed by atoms with Gasteiger partial charge in [-0.05, 0) is 37.3 Å². The molecule has 12 heteroatoms. The molecule has 1 heterocycles. The van der Waals surface area contributed by atoms with Gasteiger partial charge in [0.2, 0.25) is 5.91 Å². The Balaban J connectivity index is 1.86. The van der Waals surface area contributed by atoms with E-state index < -0.39 is 47.4 Å². The Hall–Kier alpha value is -3.83. The van der Waals surface area contributed by atoms with Gasteiger partial charge >= 0.3 is 12.4 Å². The number of anilines is 1. The Morgan fingerprint density at radius 3 is 1.89 bits per heavy atom. The summed E-state index contributed by atoms with van der Waals surface area (Å²) in [4.78, 5) is 26.3. The van der Waals surface area contributed by atoms with Crippen molar-refractivity contribution in [1.29, 1.82) is 0 Å². The molecule has 204 valence electrons. The maximum Gasteiger partial charge on any atom is 0.416 e. The Labute approximate surface area is 215 Å². The number of aryl methyl sites for hydroxylation is 1. The van der Waals surface area contributed by atoms with Crippen molar-refractivity contribution in [2.24, 2.45) is 0 Å². The molecule has 0 aliphatic rings. The number of likely N-dealkylation sites (N-methyl/N-ethyl adjacent to an activating group) is 1. The monoisotopic (exact) mass is 540 g/mol. The zero-order chi connectivity index (χ0) is 28.6. The van der Waals surface area contributed by atoms with Crippen LogP contribution in [0.1, 0.15) is 53.5 Å². The van der Waals surface area contributed by atoms with Crippen molar-refractivity contribution in [3.8, 4) is 5.69 Å². The molecule has 0 saturated carbocycles. The topological polar surface area (TPSA) is 67.2 Å². The number of rotatable bonds is 5. The molecule has 1 N–H and O–H groups in total. The number of benzene rings is 2. The molecular formula is C26H26F6N4O2. The second-order valence-electron chi connectivity index (χ2n) is 9.92. The van der Waals surface area contributed by atoms with Crippen molar-refractivity contribution in [3.63, 3.8) is 0 Å². The first-order valence-electron chi connectivity index (χ1n) is 11.4. The SMILES string of the molecule is Cc1ccc(-n2nc(C(C)(C)C)cc2NC(=O)CN(C)C(=O)c2cc(C(F)(F)F)cc(C(F)(F)F)c2)cc1. The summed E-state index contributed by atoms with van der Waals surface area (Å²) < 4.78 is 80.5. The number of aromatic nitrogens is 2. The van der Waals surface area contributed by atoms with Crippen LogP contribution in [-0.2, 0) is 22.6 Å². The molecule has 2 aromatic carbocycles. The molecule has 0 aliphatic carbocycles. The molecule has 0 aliphatic heterocycles. The number of halogens is 6. The minimum absolute atomic E-state index is 0.0669. The molecule has 38 heavy (non-hydrogen) atoms. The number of nitrogens with one attached hydrogen (secondary N) is 1. The number of carbonyl (C=O) groups is 2. The van der Waals surface area contributed by atoms with E-state index in [2.05, 4.69) is 10.4 Å². The van der Waals surface area contributed by atoms with E-state index >= 15 is 0 Å². The van der Waals surface area contributed by atoms with Gasteiger partial charge in [0.05, 0.1) is 29.1 Å². The molecule has 6 nitrogen and oxygen atoms in total. The van der Waals surface area contributed by atoms with Gasteiger partial charge in [-0.15, -0.1) is 0 Å². The van der Waals surface area contributed by atoms with E-state index in [0.717, 1.165) is 17.5 Å². The standard InChI is InChI=1S/C26H26F6N4O2/c1-15-6-8-19(9-7-15)36-21(13-20(34-36)24(2,3)4)33-22(37)14-35(5)23(38)16-10-17(25(27,28)29)12-18(11-16)26(30,31)32/h6-13H,14H2,1-5H3,(H,33,37). The summed E-state index contributed by atoms with van der Waals surface area (Å²) in [6.07, 6.45) is -10.2. The minimum Gasteiger partial charge on any atom is -0.332 e. The summed E-state index contributed by atoms with van der Waals surface area (Å²) in [6, 6.07) is 9.55. The van der Waals surface area contributed by atoms with Crippen LogP contribution < -0.4 is 5.32 Å². The Bertz CT molecular complexity index is 1300. The van der Waals surface area contributed by atoms with E-state index in [9.17, 15) is 35.9 Å². The van der Waals surface area contributed by atoms with Crippen LogP contribution in [0.5, 0.6) is 0 Å². The third-order valence-corrected chi connectivity index (χ3v) is 5.59. The Morgan fingerprint density at radius 2 is 1.42 bits per heavy atom. The molecule has 0 bridgehead atoms. The molecule has 3 aromatic rings. The summed E-state index contributed by atoms with van der Waals surface area (Å²) in [5, 5.41) is 7.20. The largest absolute Gasteiger partial charge is 0.416 e. The number of carbonyl (C=O) groups excluding carboxylic acids is 2. The first-order valence-corrected chi connectivity index (χ1v) is 11.4. The fraction of sp³-hybridized carbons (Fsp3) is 0.346. The van der Waals surface area contributed by atoms with Gasteiger partial charge < -0.3 is 10.2 Å². The van der Waals surface area contributed by atoms with Crippen LogP contribution in [0.4, 0.5) is 32.2 Å². The number of amides is 2. The average molecular weight is 541 g/mol. The highest BCUT2D eigenvalue weighted by molar-refractivity contribution is 5.99. The smallest absolute Gasteiger partial charge is 0.332 e. The summed E-state index contributed by atoms with van der Waals surface area (Å²) in [6.45, 7) is 7.05. The second kappa shape index (κ2) is 10.1. The highest BCUT2D eigenvalue weighted by Gasteiger charge is 2.38. The lowest BCUT2D eigenvalue weighted by atomic mass is 9.92. The summed E-state index contributed by atoms with van der Waals surface area (Å²) in [5.74, 6) is -1.63. The highest BCUT2D eigenvalue weighted by atomic mass is 19.4. The second-order valence-corrected chi connectivity index (χ2v) is 9.92. The van der Waals surface area contributed by atoms with E-state index in [1.165, 1.54) is 4.68 Å². The fourth-order valence-electron chi connectivity index (χ4n) is 3.49. The van der Waals surface area contributed by atoms with Gasteiger partial charge in [0.15, 0.2) is 0 Å². The first-order chi connectivity index (χ1) is 17.4. The minimum atomic E-state index is -5.11. The first kappa shape index (κ1) is 28.7. The predicted molar refractivity (Wildman–Crippen MR) is 129 cm³/mol. The molecule has 0 radical (unpaired) electrons. The average Bonchev–Trinajstić information content (AvgIpc) is 3.21. The summed E-state index contributed by atoms with van der Waals surface area (Å²) >= 11 is 0. The number of hydrogen-bond acceptors (Lipinski definition) is 3. The molecule has 0 fully saturated rings. The molecule has 0 unspecified atom stereocenters. The van der Waals surface area contributed by atoms with E-state index in [1.807, 2.05) is 39.8 Å². The number of nitrogens with zero attached hydrogens (tertiary/aromatic N) is 3. The normalized spacial score (nSPS) is 12.4. The van der Waals surface area contributed by atoms with E-state index in [-0.39, 0.29) is 17.3 Å². The Morgan fingerprint density at radius 1 is 0.895 bits per heavy atom. The van der Waals surface area contributed by atoms with Gasteiger partial charge in [0, 0.05) is 24.1 Å². The number of hydrogen-bond donors (Lipinski definition) is 1. The zero-order valence-corrected chi connectivity index (χ0v) is 21.3. The van der Waals surface area contributed by atoms with Crippen LogP contribution in [0.3, 0.4) is 0 Å². The lowest BCUT2D eigenvalue weighted by Gasteiger charge is -2.19. The zero-order valence-electron chi connectivity index (χ0n) is 21.3. The molecule has 0 atom stereocenters. The van der Waals surface area contributed by atoms with E-state index in [0.29, 0.717) is 23.5 Å². The number of alkyl halides is 6. The van der Waals surface area contributed by atoms with Crippen molar-refractivity contribution in [2.75, 3.05) is 18.9 Å². The van der Waals surface area contributed by atoms with Crippen molar-refractivity contribution in [1.82, 2.24) is 14.7 Å². The molecule has 3 rings (SSSR count). The highest BCUT2D eigenvalue weighted by Crippen LogP contribution is 2.36. The van der Waals surface area contributed by atoms with Crippen molar-refractivity contribution in [2.45, 2.75) is 45.5 Å². The molecule has 2 amide bonds. The quantitative estimate of drug-likeness (QED) is 0.391. The van der Waals surface area contributed by atoms with Crippen molar-refractivity contribution < 1.29 is 35.9 Å². The van der Waals surface area contributed by atoms with Crippen LogP contribution in [0.25, 0.3) is 5.69 Å². The fourth-order valence-corrected chi connectivity index (χ4v) is 3.49. The summed E-state index contributed by atoms with van der Waals surface area (Å²) in [7, 11) is 1.10. The van der Waals surface area contributed by atoms with Gasteiger partial charge in [-0.25, -0.2) is 4.68 Å². The third-order valence-electron chi connectivity index (χ3n) is 5.59.